The highest BCUT2D eigenvalue weighted by Crippen LogP contribution is 2.20. The summed E-state index contributed by atoms with van der Waals surface area (Å²) in [6.45, 7) is 0. The molecule has 144 valence electrons. The van der Waals surface area contributed by atoms with Crippen LogP contribution in [0, 0.1) is 0 Å². The van der Waals surface area contributed by atoms with Crippen molar-refractivity contribution in [2.45, 2.75) is 12.8 Å². The number of ketones is 1. The molecule has 0 aliphatic carbocycles. The van der Waals surface area contributed by atoms with Crippen LogP contribution >= 0.6 is 0 Å². The summed E-state index contributed by atoms with van der Waals surface area (Å²) in [5.74, 6) is -5.92. The molecular weight excluding hydrogens is 372 g/mol. The molecule has 0 heterocycles. The van der Waals surface area contributed by atoms with Crippen molar-refractivity contribution in [3.05, 3.63) is 69.8 Å². The van der Waals surface area contributed by atoms with Crippen LogP contribution < -0.4 is 0 Å². The molecule has 0 aromatic heterocycles. The van der Waals surface area contributed by atoms with Gasteiger partial charge >= 0.3 is 23.9 Å². The molecule has 0 unspecified atom stereocenters. The largest absolute Gasteiger partial charge is 0.481 e. The first-order chi connectivity index (χ1) is 13.1. The van der Waals surface area contributed by atoms with Crippen LogP contribution in [-0.2, 0) is 22.4 Å². The molecule has 2 aromatic rings. The van der Waals surface area contributed by atoms with Crippen LogP contribution in [0.4, 0.5) is 0 Å². The van der Waals surface area contributed by atoms with Crippen molar-refractivity contribution < 1.29 is 44.4 Å². The van der Waals surface area contributed by atoms with E-state index in [1.54, 1.807) is 0 Å². The molecule has 28 heavy (non-hydrogen) atoms. The molecule has 0 saturated heterocycles. The Morgan fingerprint density at radius 1 is 0.607 bits per heavy atom. The van der Waals surface area contributed by atoms with Crippen LogP contribution in [0.2, 0.25) is 0 Å². The first-order valence-corrected chi connectivity index (χ1v) is 7.81. The van der Waals surface area contributed by atoms with Gasteiger partial charge in [-0.15, -0.1) is 0 Å². The third kappa shape index (κ3) is 4.58. The van der Waals surface area contributed by atoms with E-state index in [0.717, 1.165) is 18.2 Å². The summed E-state index contributed by atoms with van der Waals surface area (Å²) in [5, 5.41) is 36.2. The molecule has 0 saturated carbocycles. The Balaban J connectivity index is 2.49. The summed E-state index contributed by atoms with van der Waals surface area (Å²) in [5.41, 5.74) is -0.751. The van der Waals surface area contributed by atoms with Gasteiger partial charge in [-0.25, -0.2) is 9.59 Å². The van der Waals surface area contributed by atoms with Gasteiger partial charge in [0.15, 0.2) is 5.78 Å². The molecule has 0 bridgehead atoms. The summed E-state index contributed by atoms with van der Waals surface area (Å²) >= 11 is 0. The maximum absolute atomic E-state index is 12.7. The molecule has 9 heteroatoms. The molecule has 2 rings (SSSR count). The maximum atomic E-state index is 12.7. The Morgan fingerprint density at radius 3 is 1.64 bits per heavy atom. The fourth-order valence-corrected chi connectivity index (χ4v) is 2.65. The molecule has 0 fully saturated rings. The monoisotopic (exact) mass is 386 g/mol. The van der Waals surface area contributed by atoms with E-state index in [1.165, 1.54) is 18.2 Å². The van der Waals surface area contributed by atoms with Gasteiger partial charge in [-0.1, -0.05) is 18.2 Å². The zero-order valence-corrected chi connectivity index (χ0v) is 14.2. The molecule has 2 aromatic carbocycles. The number of carboxylic acids is 4. The standard InChI is InChI=1S/C19H14O9/c20-15(21)7-9-1-2-11(6-14(9)19(27)28)17(24)10-3-4-13(18(25)26)12(5-10)8-16(22)23/h1-6H,7-8H2,(H,20,21)(H,22,23)(H,25,26)(H,27,28). The predicted molar refractivity (Wildman–Crippen MR) is 92.9 cm³/mol. The van der Waals surface area contributed by atoms with Crippen molar-refractivity contribution in [3.63, 3.8) is 0 Å². The molecule has 9 nitrogen and oxygen atoms in total. The highest BCUT2D eigenvalue weighted by atomic mass is 16.4. The second-order valence-corrected chi connectivity index (χ2v) is 5.82. The lowest BCUT2D eigenvalue weighted by molar-refractivity contribution is -0.137. The average molecular weight is 386 g/mol. The Kier molecular flexibility index (Phi) is 5.89. The second kappa shape index (κ2) is 8.12. The van der Waals surface area contributed by atoms with E-state index in [4.69, 9.17) is 15.3 Å². The van der Waals surface area contributed by atoms with Gasteiger partial charge in [0.1, 0.15) is 0 Å². The molecule has 4 N–H and O–H groups in total. The molecule has 0 spiro atoms. The number of hydrogen-bond donors (Lipinski definition) is 4. The van der Waals surface area contributed by atoms with Crippen LogP contribution in [0.3, 0.4) is 0 Å². The average Bonchev–Trinajstić information content (AvgIpc) is 2.60. The van der Waals surface area contributed by atoms with Crippen LogP contribution in [0.15, 0.2) is 36.4 Å². The number of hydrogen-bond acceptors (Lipinski definition) is 5. The topological polar surface area (TPSA) is 166 Å². The van der Waals surface area contributed by atoms with Gasteiger partial charge in [-0.05, 0) is 29.3 Å². The van der Waals surface area contributed by atoms with Crippen LogP contribution in [0.5, 0.6) is 0 Å². The summed E-state index contributed by atoms with van der Waals surface area (Å²) in [7, 11) is 0. The Labute approximate surface area is 157 Å². The maximum Gasteiger partial charge on any atom is 0.336 e. The van der Waals surface area contributed by atoms with Gasteiger partial charge in [0, 0.05) is 11.1 Å². The lowest BCUT2D eigenvalue weighted by atomic mass is 9.94. The number of carbonyl (C=O) groups excluding carboxylic acids is 1. The SMILES string of the molecule is O=C(O)Cc1cc(C(=O)c2ccc(CC(=O)O)c(C(=O)O)c2)ccc1C(=O)O. The summed E-state index contributed by atoms with van der Waals surface area (Å²) in [6.07, 6.45) is -1.15. The van der Waals surface area contributed by atoms with E-state index < -0.39 is 42.5 Å². The minimum absolute atomic E-state index is 0.0179. The molecule has 0 radical (unpaired) electrons. The van der Waals surface area contributed by atoms with Gasteiger partial charge in [-0.3, -0.25) is 14.4 Å². The van der Waals surface area contributed by atoms with Gasteiger partial charge < -0.3 is 20.4 Å². The fraction of sp³-hybridized carbons (Fsp3) is 0.105. The predicted octanol–water partition coefficient (Wildman–Crippen LogP) is 1.57. The fourth-order valence-electron chi connectivity index (χ4n) is 2.65. The lowest BCUT2D eigenvalue weighted by Crippen LogP contribution is -2.12. The molecule has 0 amide bonds. The van der Waals surface area contributed by atoms with E-state index in [9.17, 15) is 29.1 Å². The van der Waals surface area contributed by atoms with Crippen molar-refractivity contribution in [1.29, 1.82) is 0 Å². The summed E-state index contributed by atoms with van der Waals surface area (Å²) < 4.78 is 0. The Hall–Kier alpha value is -4.01. The van der Waals surface area contributed by atoms with Crippen molar-refractivity contribution in [2.24, 2.45) is 0 Å². The van der Waals surface area contributed by atoms with Gasteiger partial charge in [0.25, 0.3) is 0 Å². The molecular formula is C19H14O9. The van der Waals surface area contributed by atoms with E-state index in [2.05, 4.69) is 0 Å². The number of carboxylic acid groups (broad SMARTS) is 4. The first-order valence-electron chi connectivity index (χ1n) is 7.81. The first kappa shape index (κ1) is 20.3. The van der Waals surface area contributed by atoms with Gasteiger partial charge in [0.05, 0.1) is 24.0 Å². The highest BCUT2D eigenvalue weighted by molar-refractivity contribution is 6.10. The van der Waals surface area contributed by atoms with Crippen molar-refractivity contribution in [3.8, 4) is 0 Å². The number of aliphatic carboxylic acids is 2. The van der Waals surface area contributed by atoms with E-state index in [1.807, 2.05) is 0 Å². The number of rotatable bonds is 8. The van der Waals surface area contributed by atoms with Crippen LogP contribution in [0.25, 0.3) is 0 Å². The highest BCUT2D eigenvalue weighted by Gasteiger charge is 2.20. The summed E-state index contributed by atoms with van der Waals surface area (Å²) in [4.78, 5) is 57.0. The van der Waals surface area contributed by atoms with E-state index >= 15 is 0 Å². The molecule has 0 aliphatic rings. The third-order valence-electron chi connectivity index (χ3n) is 3.88. The number of benzene rings is 2. The zero-order valence-electron chi connectivity index (χ0n) is 14.2. The third-order valence-corrected chi connectivity index (χ3v) is 3.88. The number of carbonyl (C=O) groups is 5. The van der Waals surface area contributed by atoms with Crippen molar-refractivity contribution in [2.75, 3.05) is 0 Å². The van der Waals surface area contributed by atoms with Crippen LogP contribution in [0.1, 0.15) is 47.8 Å². The van der Waals surface area contributed by atoms with Gasteiger partial charge in [0.2, 0.25) is 0 Å². The van der Waals surface area contributed by atoms with Gasteiger partial charge in [-0.2, -0.15) is 0 Å². The quantitative estimate of drug-likeness (QED) is 0.492. The molecule has 0 atom stereocenters. The normalized spacial score (nSPS) is 10.3. The minimum Gasteiger partial charge on any atom is -0.481 e. The molecule has 0 aliphatic heterocycles. The van der Waals surface area contributed by atoms with E-state index in [-0.39, 0.29) is 33.4 Å². The smallest absolute Gasteiger partial charge is 0.336 e. The van der Waals surface area contributed by atoms with Crippen molar-refractivity contribution >= 4 is 29.7 Å². The van der Waals surface area contributed by atoms with Crippen LogP contribution in [-0.4, -0.2) is 50.1 Å². The zero-order chi connectivity index (χ0) is 21.0. The van der Waals surface area contributed by atoms with Crippen molar-refractivity contribution in [1.82, 2.24) is 0 Å². The lowest BCUT2D eigenvalue weighted by Gasteiger charge is -2.09. The summed E-state index contributed by atoms with van der Waals surface area (Å²) in [6, 6.07) is 6.94. The van der Waals surface area contributed by atoms with E-state index in [0.29, 0.717) is 0 Å². The minimum atomic E-state index is -1.40. The Morgan fingerprint density at radius 2 is 1.11 bits per heavy atom. The number of aromatic carboxylic acids is 2. The Bertz CT molecular complexity index is 1000. The second-order valence-electron chi connectivity index (χ2n) is 5.82.